The number of carbonyl (C=O) groups excluding carboxylic acids is 5. The minimum atomic E-state index is -3.52. The molecule has 4 rings (SSSR count). The number of ether oxygens (including phenoxy) is 3. The van der Waals surface area contributed by atoms with Crippen LogP contribution in [-0.4, -0.2) is 104 Å². The molecule has 286 valence electrons. The Morgan fingerprint density at radius 3 is 1.79 bits per heavy atom. The van der Waals surface area contributed by atoms with E-state index < -0.39 is 45.9 Å². The number of hydrogen-bond acceptors (Lipinski definition) is 14. The molecule has 16 heteroatoms. The molecular weight excluding hydrogens is 710 g/mol. The van der Waals surface area contributed by atoms with Gasteiger partial charge in [0.1, 0.15) is 5.75 Å². The first-order chi connectivity index (χ1) is 25.0. The standard InChI is InChI=1S/C20H18O8.C17H27N3O4S/c1-11-3-7-13(8-4-11)17(23)27-19(25)15(21)16(22)20(26)28-18(24)14-9-5-12(2)6-10-14;1-4-20-8-6-7-12(20)11-19-17(21)13-9-16(25(22,23)5-2)14(18)10-15(13)24-3/h3-10,15-16,21-22H,1-2H3;9-10,12H,4-8,11,18H2,1-3H3,(H,19,21)/t;12-/m.1/s1. The Morgan fingerprint density at radius 1 is 0.868 bits per heavy atom. The summed E-state index contributed by atoms with van der Waals surface area (Å²) in [4.78, 5) is 62.2. The topological polar surface area (TPSA) is 229 Å². The highest BCUT2D eigenvalue weighted by molar-refractivity contribution is 7.91. The quantitative estimate of drug-likeness (QED) is 0.118. The van der Waals surface area contributed by atoms with E-state index in [1.165, 1.54) is 50.4 Å². The number of aliphatic hydroxyl groups excluding tert-OH is 2. The number of benzene rings is 3. The maximum absolute atomic E-state index is 12.6. The zero-order chi connectivity index (χ0) is 39.5. The molecule has 0 bridgehead atoms. The predicted molar refractivity (Wildman–Crippen MR) is 193 cm³/mol. The van der Waals surface area contributed by atoms with Crippen LogP contribution in [0.15, 0.2) is 65.6 Å². The number of hydrogen-bond donors (Lipinski definition) is 4. The minimum absolute atomic E-state index is 0.0306. The Bertz CT molecular complexity index is 1820. The molecule has 1 aliphatic rings. The van der Waals surface area contributed by atoms with E-state index in [0.717, 1.165) is 37.1 Å². The lowest BCUT2D eigenvalue weighted by atomic mass is 10.1. The van der Waals surface area contributed by atoms with Gasteiger partial charge in [0, 0.05) is 18.7 Å². The fourth-order valence-electron chi connectivity index (χ4n) is 5.25. The van der Waals surface area contributed by atoms with Crippen molar-refractivity contribution in [2.45, 2.75) is 63.7 Å². The van der Waals surface area contributed by atoms with Crippen molar-refractivity contribution in [2.24, 2.45) is 0 Å². The van der Waals surface area contributed by atoms with E-state index >= 15 is 0 Å². The number of anilines is 1. The maximum atomic E-state index is 12.6. The molecule has 1 amide bonds. The second-order valence-electron chi connectivity index (χ2n) is 12.2. The van der Waals surface area contributed by atoms with Crippen LogP contribution >= 0.6 is 0 Å². The number of likely N-dealkylation sites (tertiary alicyclic amines) is 1. The summed E-state index contributed by atoms with van der Waals surface area (Å²) in [5.74, 6) is -5.43. The van der Waals surface area contributed by atoms with Crippen LogP contribution in [0.25, 0.3) is 0 Å². The zero-order valence-electron chi connectivity index (χ0n) is 30.2. The third kappa shape index (κ3) is 11.4. The number of nitrogens with one attached hydrogen (secondary N) is 1. The Labute approximate surface area is 307 Å². The van der Waals surface area contributed by atoms with E-state index in [1.54, 1.807) is 38.1 Å². The van der Waals surface area contributed by atoms with Crippen molar-refractivity contribution in [3.63, 3.8) is 0 Å². The number of nitrogens with two attached hydrogens (primary N) is 1. The third-order valence-electron chi connectivity index (χ3n) is 8.44. The van der Waals surface area contributed by atoms with Crippen LogP contribution in [0.2, 0.25) is 0 Å². The van der Waals surface area contributed by atoms with Gasteiger partial charge < -0.3 is 35.5 Å². The molecule has 1 heterocycles. The molecule has 53 heavy (non-hydrogen) atoms. The highest BCUT2D eigenvalue weighted by Crippen LogP contribution is 2.29. The van der Waals surface area contributed by atoms with Crippen molar-refractivity contribution in [3.05, 3.63) is 88.5 Å². The van der Waals surface area contributed by atoms with Gasteiger partial charge in [0.15, 0.2) is 22.0 Å². The number of aliphatic hydroxyl groups is 2. The molecule has 3 aromatic rings. The van der Waals surface area contributed by atoms with Gasteiger partial charge in [-0.25, -0.2) is 27.6 Å². The second-order valence-corrected chi connectivity index (χ2v) is 14.4. The van der Waals surface area contributed by atoms with Crippen LogP contribution in [0.3, 0.4) is 0 Å². The molecule has 3 aromatic carbocycles. The molecule has 0 saturated carbocycles. The number of nitrogens with zero attached hydrogens (tertiary/aromatic N) is 1. The van der Waals surface area contributed by atoms with Crippen molar-refractivity contribution in [1.29, 1.82) is 0 Å². The van der Waals surface area contributed by atoms with E-state index in [1.807, 2.05) is 0 Å². The molecule has 2 unspecified atom stereocenters. The predicted octanol–water partition coefficient (Wildman–Crippen LogP) is 2.38. The van der Waals surface area contributed by atoms with E-state index in [-0.39, 0.29) is 44.7 Å². The lowest BCUT2D eigenvalue weighted by Crippen LogP contribution is -2.43. The lowest BCUT2D eigenvalue weighted by Gasteiger charge is -2.23. The van der Waals surface area contributed by atoms with Gasteiger partial charge in [0.05, 0.1) is 40.1 Å². The van der Waals surface area contributed by atoms with E-state index in [9.17, 15) is 42.6 Å². The summed E-state index contributed by atoms with van der Waals surface area (Å²) in [7, 11) is -2.10. The number of esters is 4. The molecule has 1 aliphatic heterocycles. The number of likely N-dealkylation sites (N-methyl/N-ethyl adjacent to an activating group) is 1. The van der Waals surface area contributed by atoms with Crippen LogP contribution in [-0.2, 0) is 28.9 Å². The van der Waals surface area contributed by atoms with Crippen LogP contribution in [0.4, 0.5) is 5.69 Å². The van der Waals surface area contributed by atoms with E-state index in [0.29, 0.717) is 12.6 Å². The van der Waals surface area contributed by atoms with Crippen molar-refractivity contribution in [1.82, 2.24) is 10.2 Å². The lowest BCUT2D eigenvalue weighted by molar-refractivity contribution is -0.166. The number of methoxy groups -OCH3 is 1. The molecule has 0 spiro atoms. The Hall–Kier alpha value is -5.16. The summed E-state index contributed by atoms with van der Waals surface area (Å²) in [5, 5.41) is 22.4. The van der Waals surface area contributed by atoms with Gasteiger partial charge in [-0.05, 0) is 70.1 Å². The summed E-state index contributed by atoms with van der Waals surface area (Å²) >= 11 is 0. The van der Waals surface area contributed by atoms with Crippen LogP contribution in [0, 0.1) is 13.8 Å². The van der Waals surface area contributed by atoms with Crippen molar-refractivity contribution >= 4 is 45.3 Å². The summed E-state index contributed by atoms with van der Waals surface area (Å²) in [5.41, 5.74) is 7.94. The molecule has 0 aliphatic carbocycles. The van der Waals surface area contributed by atoms with Crippen LogP contribution in [0.5, 0.6) is 5.75 Å². The monoisotopic (exact) mass is 755 g/mol. The molecule has 5 N–H and O–H groups in total. The molecule has 0 radical (unpaired) electrons. The normalized spacial score (nSPS) is 15.3. The van der Waals surface area contributed by atoms with Gasteiger partial charge in [0.2, 0.25) is 0 Å². The zero-order valence-corrected chi connectivity index (χ0v) is 31.0. The number of rotatable bonds is 12. The van der Waals surface area contributed by atoms with Gasteiger partial charge in [0.25, 0.3) is 5.91 Å². The minimum Gasteiger partial charge on any atom is -0.496 e. The summed E-state index contributed by atoms with van der Waals surface area (Å²) in [6.45, 7) is 9.75. The average molecular weight is 756 g/mol. The van der Waals surface area contributed by atoms with E-state index in [4.69, 9.17) is 10.5 Å². The molecule has 3 atom stereocenters. The van der Waals surface area contributed by atoms with Gasteiger partial charge in [-0.3, -0.25) is 9.69 Å². The summed E-state index contributed by atoms with van der Waals surface area (Å²) in [6.07, 6.45) is -2.65. The highest BCUT2D eigenvalue weighted by Gasteiger charge is 2.35. The number of sulfone groups is 1. The summed E-state index contributed by atoms with van der Waals surface area (Å²) in [6, 6.07) is 15.1. The fourth-order valence-corrected chi connectivity index (χ4v) is 6.28. The van der Waals surface area contributed by atoms with Gasteiger partial charge in [-0.1, -0.05) is 49.2 Å². The maximum Gasteiger partial charge on any atom is 0.346 e. The Kier molecular flexibility index (Phi) is 15.2. The highest BCUT2D eigenvalue weighted by atomic mass is 32.2. The van der Waals surface area contributed by atoms with E-state index in [2.05, 4.69) is 26.6 Å². The number of aryl methyl sites for hydroxylation is 2. The SMILES string of the molecule is CCN1CCC[C@@H]1CNC(=O)c1cc(S(=O)(=O)CC)c(N)cc1OC.Cc1ccc(C(=O)OC(=O)C(O)C(O)C(=O)OC(=O)c2ccc(C)cc2)cc1. The summed E-state index contributed by atoms with van der Waals surface area (Å²) < 4.78 is 38.5. The van der Waals surface area contributed by atoms with Gasteiger partial charge in [-0.2, -0.15) is 0 Å². The largest absolute Gasteiger partial charge is 0.496 e. The fraction of sp³-hybridized carbons (Fsp3) is 0.378. The first kappa shape index (κ1) is 42.3. The van der Waals surface area contributed by atoms with Crippen molar-refractivity contribution in [2.75, 3.05) is 38.2 Å². The third-order valence-corrected chi connectivity index (χ3v) is 10.2. The number of nitrogen functional groups attached to an aromatic ring is 1. The van der Waals surface area contributed by atoms with Crippen LogP contribution < -0.4 is 15.8 Å². The first-order valence-electron chi connectivity index (χ1n) is 16.8. The molecular formula is C37H45N3O12S. The Balaban J connectivity index is 0.000000287. The number of amides is 1. The van der Waals surface area contributed by atoms with Crippen molar-refractivity contribution < 1.29 is 56.8 Å². The average Bonchev–Trinajstić information content (AvgIpc) is 3.61. The molecule has 15 nitrogen and oxygen atoms in total. The number of carbonyl (C=O) groups is 5. The van der Waals surface area contributed by atoms with Gasteiger partial charge in [-0.15, -0.1) is 0 Å². The van der Waals surface area contributed by atoms with Crippen molar-refractivity contribution in [3.8, 4) is 5.75 Å². The second kappa shape index (κ2) is 19.1. The Morgan fingerprint density at radius 2 is 1.36 bits per heavy atom. The molecule has 0 aromatic heterocycles. The first-order valence-corrected chi connectivity index (χ1v) is 18.4. The molecule has 1 saturated heterocycles. The van der Waals surface area contributed by atoms with Gasteiger partial charge >= 0.3 is 23.9 Å². The molecule has 1 fully saturated rings. The van der Waals surface area contributed by atoms with Crippen LogP contribution in [0.1, 0.15) is 68.9 Å². The smallest absolute Gasteiger partial charge is 0.346 e.